The Morgan fingerprint density at radius 1 is 1.53 bits per heavy atom. The van der Waals surface area contributed by atoms with Gasteiger partial charge in [0.2, 0.25) is 5.91 Å². The summed E-state index contributed by atoms with van der Waals surface area (Å²) < 4.78 is 0. The van der Waals surface area contributed by atoms with Gasteiger partial charge in [-0.2, -0.15) is 0 Å². The van der Waals surface area contributed by atoms with Crippen LogP contribution in [0.25, 0.3) is 0 Å². The van der Waals surface area contributed by atoms with Crippen LogP contribution in [0.5, 0.6) is 0 Å². The second-order valence-corrected chi connectivity index (χ2v) is 4.40. The molecule has 0 saturated carbocycles. The molecule has 1 aliphatic carbocycles. The van der Waals surface area contributed by atoms with Crippen molar-refractivity contribution in [3.8, 4) is 0 Å². The minimum absolute atomic E-state index is 0.0223. The molecule has 0 aromatic rings. The first-order valence-electron chi connectivity index (χ1n) is 5.57. The SMILES string of the molecule is NC1C=CC(C(=O)N2CCC[C@H]2CO)C1. The van der Waals surface area contributed by atoms with E-state index in [1.165, 1.54) is 0 Å². The normalized spacial score (nSPS) is 35.1. The van der Waals surface area contributed by atoms with Crippen molar-refractivity contribution in [2.24, 2.45) is 11.7 Å². The number of carbonyl (C=O) groups is 1. The van der Waals surface area contributed by atoms with Gasteiger partial charge in [-0.3, -0.25) is 4.79 Å². The molecular formula is C11H18N2O2. The van der Waals surface area contributed by atoms with Crippen LogP contribution in [0.4, 0.5) is 0 Å². The van der Waals surface area contributed by atoms with Crippen molar-refractivity contribution >= 4 is 5.91 Å². The number of rotatable bonds is 2. The predicted molar refractivity (Wildman–Crippen MR) is 57.0 cm³/mol. The molecule has 0 radical (unpaired) electrons. The number of amides is 1. The third kappa shape index (κ3) is 2.06. The Hall–Kier alpha value is -0.870. The third-order valence-electron chi connectivity index (χ3n) is 3.30. The summed E-state index contributed by atoms with van der Waals surface area (Å²) in [4.78, 5) is 13.9. The zero-order valence-corrected chi connectivity index (χ0v) is 8.80. The molecule has 1 fully saturated rings. The van der Waals surface area contributed by atoms with Gasteiger partial charge in [-0.05, 0) is 19.3 Å². The Labute approximate surface area is 89.7 Å². The van der Waals surface area contributed by atoms with E-state index >= 15 is 0 Å². The quantitative estimate of drug-likeness (QED) is 0.624. The van der Waals surface area contributed by atoms with E-state index < -0.39 is 0 Å². The van der Waals surface area contributed by atoms with Gasteiger partial charge >= 0.3 is 0 Å². The van der Waals surface area contributed by atoms with Gasteiger partial charge in [-0.1, -0.05) is 12.2 Å². The summed E-state index contributed by atoms with van der Waals surface area (Å²) in [5.41, 5.74) is 5.72. The first-order valence-corrected chi connectivity index (χ1v) is 5.57. The van der Waals surface area contributed by atoms with Gasteiger partial charge in [0.15, 0.2) is 0 Å². The highest BCUT2D eigenvalue weighted by molar-refractivity contribution is 5.81. The number of nitrogens with two attached hydrogens (primary N) is 1. The fourth-order valence-electron chi connectivity index (χ4n) is 2.44. The number of hydrogen-bond acceptors (Lipinski definition) is 3. The molecule has 84 valence electrons. The number of carbonyl (C=O) groups excluding carboxylic acids is 1. The van der Waals surface area contributed by atoms with E-state index in [2.05, 4.69) is 0 Å². The van der Waals surface area contributed by atoms with Crippen LogP contribution in [-0.2, 0) is 4.79 Å². The summed E-state index contributed by atoms with van der Waals surface area (Å²) in [5.74, 6) is 0.0721. The molecule has 2 aliphatic rings. The Morgan fingerprint density at radius 3 is 2.93 bits per heavy atom. The Kier molecular flexibility index (Phi) is 3.07. The number of hydrogen-bond donors (Lipinski definition) is 2. The second kappa shape index (κ2) is 4.33. The maximum absolute atomic E-state index is 12.1. The highest BCUT2D eigenvalue weighted by atomic mass is 16.3. The summed E-state index contributed by atoms with van der Waals surface area (Å²) in [6.45, 7) is 0.859. The summed E-state index contributed by atoms with van der Waals surface area (Å²) in [6.07, 6.45) is 6.43. The molecule has 3 atom stereocenters. The fraction of sp³-hybridized carbons (Fsp3) is 0.727. The Bertz CT molecular complexity index is 278. The minimum Gasteiger partial charge on any atom is -0.394 e. The van der Waals surface area contributed by atoms with E-state index in [0.29, 0.717) is 6.42 Å². The lowest BCUT2D eigenvalue weighted by Crippen LogP contribution is -2.41. The predicted octanol–water partition coefficient (Wildman–Crippen LogP) is -0.127. The Morgan fingerprint density at radius 2 is 2.33 bits per heavy atom. The molecule has 3 N–H and O–H groups in total. The topological polar surface area (TPSA) is 66.6 Å². The van der Waals surface area contributed by atoms with E-state index in [1.807, 2.05) is 17.1 Å². The van der Waals surface area contributed by atoms with Crippen LogP contribution in [-0.4, -0.2) is 41.1 Å². The summed E-state index contributed by atoms with van der Waals surface area (Å²) >= 11 is 0. The Balaban J connectivity index is 1.98. The maximum atomic E-state index is 12.1. The second-order valence-electron chi connectivity index (χ2n) is 4.40. The first-order chi connectivity index (χ1) is 7.22. The molecule has 0 aromatic carbocycles. The van der Waals surface area contributed by atoms with E-state index in [4.69, 9.17) is 10.8 Å². The van der Waals surface area contributed by atoms with Crippen LogP contribution >= 0.6 is 0 Å². The van der Waals surface area contributed by atoms with Gasteiger partial charge < -0.3 is 15.7 Å². The molecule has 4 heteroatoms. The standard InChI is InChI=1S/C11H18N2O2/c12-9-4-3-8(6-9)11(15)13-5-1-2-10(13)7-14/h3-4,8-10,14H,1-2,5-7,12H2/t8?,9?,10-/m0/s1. The summed E-state index contributed by atoms with van der Waals surface area (Å²) in [5, 5.41) is 9.14. The maximum Gasteiger partial charge on any atom is 0.229 e. The zero-order valence-electron chi connectivity index (χ0n) is 8.80. The van der Waals surface area contributed by atoms with Crippen LogP contribution in [0.1, 0.15) is 19.3 Å². The van der Waals surface area contributed by atoms with E-state index in [-0.39, 0.29) is 30.5 Å². The van der Waals surface area contributed by atoms with Gasteiger partial charge in [0.1, 0.15) is 0 Å². The van der Waals surface area contributed by atoms with Gasteiger partial charge in [0, 0.05) is 12.6 Å². The molecule has 1 aliphatic heterocycles. The molecule has 0 bridgehead atoms. The van der Waals surface area contributed by atoms with Crippen molar-refractivity contribution in [2.75, 3.05) is 13.2 Å². The lowest BCUT2D eigenvalue weighted by atomic mass is 10.1. The number of likely N-dealkylation sites (tertiary alicyclic amines) is 1. The van der Waals surface area contributed by atoms with Crippen molar-refractivity contribution in [3.05, 3.63) is 12.2 Å². The van der Waals surface area contributed by atoms with Gasteiger partial charge in [-0.15, -0.1) is 0 Å². The largest absolute Gasteiger partial charge is 0.394 e. The van der Waals surface area contributed by atoms with Crippen LogP contribution in [0.3, 0.4) is 0 Å². The number of aliphatic hydroxyl groups is 1. The lowest BCUT2D eigenvalue weighted by Gasteiger charge is -2.25. The van der Waals surface area contributed by atoms with E-state index in [1.54, 1.807) is 0 Å². The molecule has 1 amide bonds. The highest BCUT2D eigenvalue weighted by Gasteiger charge is 2.33. The number of aliphatic hydroxyl groups excluding tert-OH is 1. The first kappa shape index (κ1) is 10.6. The van der Waals surface area contributed by atoms with Crippen molar-refractivity contribution in [3.63, 3.8) is 0 Å². The smallest absolute Gasteiger partial charge is 0.229 e. The molecule has 15 heavy (non-hydrogen) atoms. The zero-order chi connectivity index (χ0) is 10.8. The minimum atomic E-state index is -0.0628. The van der Waals surface area contributed by atoms with E-state index in [0.717, 1.165) is 19.4 Å². The van der Waals surface area contributed by atoms with Gasteiger partial charge in [-0.25, -0.2) is 0 Å². The average Bonchev–Trinajstić information content (AvgIpc) is 2.84. The number of nitrogens with zero attached hydrogens (tertiary/aromatic N) is 1. The molecule has 0 aromatic heterocycles. The molecular weight excluding hydrogens is 192 g/mol. The molecule has 1 heterocycles. The van der Waals surface area contributed by atoms with Crippen LogP contribution in [0.2, 0.25) is 0 Å². The lowest BCUT2D eigenvalue weighted by molar-refractivity contribution is -0.135. The summed E-state index contributed by atoms with van der Waals surface area (Å²) in [6, 6.07) is 0.0526. The molecule has 0 spiro atoms. The highest BCUT2D eigenvalue weighted by Crippen LogP contribution is 2.24. The third-order valence-corrected chi connectivity index (χ3v) is 3.30. The van der Waals surface area contributed by atoms with Crippen LogP contribution < -0.4 is 5.73 Å². The molecule has 1 saturated heterocycles. The van der Waals surface area contributed by atoms with Gasteiger partial charge in [0.25, 0.3) is 0 Å². The average molecular weight is 210 g/mol. The fourth-order valence-corrected chi connectivity index (χ4v) is 2.44. The summed E-state index contributed by atoms with van der Waals surface area (Å²) in [7, 11) is 0. The van der Waals surface area contributed by atoms with E-state index in [9.17, 15) is 4.79 Å². The van der Waals surface area contributed by atoms with Crippen molar-refractivity contribution in [2.45, 2.75) is 31.3 Å². The van der Waals surface area contributed by atoms with Gasteiger partial charge in [0.05, 0.1) is 18.6 Å². The van der Waals surface area contributed by atoms with Crippen molar-refractivity contribution in [1.82, 2.24) is 4.90 Å². The molecule has 2 unspecified atom stereocenters. The van der Waals surface area contributed by atoms with Crippen molar-refractivity contribution < 1.29 is 9.90 Å². The monoisotopic (exact) mass is 210 g/mol. The van der Waals surface area contributed by atoms with Crippen molar-refractivity contribution in [1.29, 1.82) is 0 Å². The molecule has 2 rings (SSSR count). The molecule has 4 nitrogen and oxygen atoms in total. The van der Waals surface area contributed by atoms with Crippen LogP contribution in [0, 0.1) is 5.92 Å². The van der Waals surface area contributed by atoms with Crippen LogP contribution in [0.15, 0.2) is 12.2 Å².